The van der Waals surface area contributed by atoms with Gasteiger partial charge in [0.25, 0.3) is 0 Å². The molecule has 1 unspecified atom stereocenters. The Balaban J connectivity index is 1.65. The molecule has 0 aromatic heterocycles. The molecule has 3 aromatic rings. The Kier molecular flexibility index (Phi) is 6.02. The van der Waals surface area contributed by atoms with Gasteiger partial charge in [0.2, 0.25) is 0 Å². The number of nitrogens with zero attached hydrogens (tertiary/aromatic N) is 1. The highest BCUT2D eigenvalue weighted by Crippen LogP contribution is 2.43. The molecular formula is C25H24FNO4S. The van der Waals surface area contributed by atoms with Crippen LogP contribution in [0.5, 0.6) is 0 Å². The normalized spacial score (nSPS) is 18.5. The Morgan fingerprint density at radius 2 is 1.66 bits per heavy atom. The lowest BCUT2D eigenvalue weighted by Crippen LogP contribution is -2.40. The summed E-state index contributed by atoms with van der Waals surface area (Å²) in [4.78, 5) is 14.2. The number of amides is 1. The third-order valence-electron chi connectivity index (χ3n) is 5.91. The third kappa shape index (κ3) is 4.12. The first-order chi connectivity index (χ1) is 15.3. The summed E-state index contributed by atoms with van der Waals surface area (Å²) in [5.41, 5.74) is 2.45. The second-order valence-corrected chi connectivity index (χ2v) is 10.3. The summed E-state index contributed by atoms with van der Waals surface area (Å²) in [6.07, 6.45) is -0.340. The molecule has 4 rings (SSSR count). The Morgan fingerprint density at radius 3 is 2.31 bits per heavy atom. The molecular weight excluding hydrogens is 429 g/mol. The fraction of sp³-hybridized carbons (Fsp3) is 0.240. The lowest BCUT2D eigenvalue weighted by Gasteiger charge is -2.30. The lowest BCUT2D eigenvalue weighted by atomic mass is 9.96. The number of benzene rings is 3. The molecule has 1 aliphatic heterocycles. The first-order valence-corrected chi connectivity index (χ1v) is 11.8. The van der Waals surface area contributed by atoms with Gasteiger partial charge in [0.05, 0.1) is 4.90 Å². The molecule has 5 nitrogen and oxygen atoms in total. The Hall–Kier alpha value is -3.19. The minimum atomic E-state index is -3.93. The lowest BCUT2D eigenvalue weighted by molar-refractivity contribution is 0.103. The van der Waals surface area contributed by atoms with Gasteiger partial charge in [-0.1, -0.05) is 60.2 Å². The molecule has 1 atom stereocenters. The highest BCUT2D eigenvalue weighted by Gasteiger charge is 2.52. The van der Waals surface area contributed by atoms with E-state index in [1.165, 1.54) is 17.0 Å². The van der Waals surface area contributed by atoms with Gasteiger partial charge in [-0.15, -0.1) is 0 Å². The van der Waals surface area contributed by atoms with Gasteiger partial charge in [0.15, 0.2) is 9.84 Å². The van der Waals surface area contributed by atoms with Gasteiger partial charge >= 0.3 is 6.09 Å². The molecule has 0 aliphatic carbocycles. The first-order valence-electron chi connectivity index (χ1n) is 10.3. The van der Waals surface area contributed by atoms with Gasteiger partial charge in [-0.05, 0) is 48.7 Å². The van der Waals surface area contributed by atoms with E-state index in [0.29, 0.717) is 5.56 Å². The van der Waals surface area contributed by atoms with Crippen LogP contribution >= 0.6 is 0 Å². The van der Waals surface area contributed by atoms with Crippen LogP contribution in [0, 0.1) is 12.7 Å². The average Bonchev–Trinajstić information content (AvgIpc) is 3.26. The van der Waals surface area contributed by atoms with Crippen molar-refractivity contribution < 1.29 is 22.3 Å². The minimum absolute atomic E-state index is 0.0268. The number of ether oxygens (including phenoxy) is 1. The predicted octanol–water partition coefficient (Wildman–Crippen LogP) is 4.85. The highest BCUT2D eigenvalue weighted by atomic mass is 32.2. The maximum atomic E-state index is 13.8. The van der Waals surface area contributed by atoms with E-state index in [0.717, 1.165) is 23.3 Å². The number of sulfone groups is 1. The molecule has 0 saturated carbocycles. The molecule has 1 heterocycles. The number of likely N-dealkylation sites (tertiary alicyclic amines) is 1. The quantitative estimate of drug-likeness (QED) is 0.519. The number of hydrogen-bond donors (Lipinski definition) is 0. The molecule has 0 radical (unpaired) electrons. The first kappa shape index (κ1) is 22.0. The summed E-state index contributed by atoms with van der Waals surface area (Å²) in [5.74, 6) is -0.508. The highest BCUT2D eigenvalue weighted by molar-refractivity contribution is 7.92. The van der Waals surface area contributed by atoms with Crippen LogP contribution in [0.1, 0.15) is 23.1 Å². The zero-order valence-electron chi connectivity index (χ0n) is 17.7. The summed E-state index contributed by atoms with van der Waals surface area (Å²) in [7, 11) is -3.93. The molecule has 166 valence electrons. The van der Waals surface area contributed by atoms with E-state index < -0.39 is 26.5 Å². The van der Waals surface area contributed by atoms with E-state index in [2.05, 4.69) is 0 Å². The Bertz CT molecular complexity index is 1190. The van der Waals surface area contributed by atoms with Crippen molar-refractivity contribution in [1.82, 2.24) is 4.90 Å². The van der Waals surface area contributed by atoms with Crippen molar-refractivity contribution in [2.45, 2.75) is 29.6 Å². The zero-order valence-corrected chi connectivity index (χ0v) is 18.5. The van der Waals surface area contributed by atoms with E-state index in [1.807, 2.05) is 49.4 Å². The summed E-state index contributed by atoms with van der Waals surface area (Å²) in [5, 5.41) is 0. The minimum Gasteiger partial charge on any atom is -0.445 e. The maximum absolute atomic E-state index is 13.8. The standard InChI is InChI=1S/C25H24FNO4S/c1-19-7-9-21(10-8-19)25(32(29,30)23-13-11-22(26)12-14-23)15-16-27(18-25)24(28)31-17-20-5-3-2-4-6-20/h2-14H,15-18H2,1H3. The fourth-order valence-corrected chi connectivity index (χ4v) is 6.13. The van der Waals surface area contributed by atoms with Crippen LogP contribution < -0.4 is 0 Å². The summed E-state index contributed by atoms with van der Waals surface area (Å²) >= 11 is 0. The molecule has 1 fully saturated rings. The summed E-state index contributed by atoms with van der Waals surface area (Å²) in [6.45, 7) is 2.23. The van der Waals surface area contributed by atoms with Crippen molar-refractivity contribution in [2.24, 2.45) is 0 Å². The Morgan fingerprint density at radius 1 is 1.00 bits per heavy atom. The molecule has 0 spiro atoms. The van der Waals surface area contributed by atoms with Crippen LogP contribution in [-0.4, -0.2) is 32.5 Å². The van der Waals surface area contributed by atoms with Gasteiger partial charge in [0.1, 0.15) is 17.2 Å². The fourth-order valence-electron chi connectivity index (χ4n) is 4.06. The van der Waals surface area contributed by atoms with Crippen molar-refractivity contribution >= 4 is 15.9 Å². The molecule has 1 saturated heterocycles. The number of rotatable bonds is 5. The number of aryl methyl sites for hydroxylation is 1. The molecule has 0 N–H and O–H groups in total. The molecule has 32 heavy (non-hydrogen) atoms. The SMILES string of the molecule is Cc1ccc(C2(S(=O)(=O)c3ccc(F)cc3)CCN(C(=O)OCc3ccccc3)C2)cc1. The van der Waals surface area contributed by atoms with Crippen molar-refractivity contribution in [3.8, 4) is 0 Å². The molecule has 3 aromatic carbocycles. The van der Waals surface area contributed by atoms with Gasteiger partial charge in [-0.25, -0.2) is 17.6 Å². The molecule has 0 bridgehead atoms. The van der Waals surface area contributed by atoms with Crippen LogP contribution in [0.4, 0.5) is 9.18 Å². The van der Waals surface area contributed by atoms with E-state index in [9.17, 15) is 17.6 Å². The second-order valence-electron chi connectivity index (χ2n) is 8.03. The van der Waals surface area contributed by atoms with Crippen LogP contribution in [0.25, 0.3) is 0 Å². The molecule has 7 heteroatoms. The smallest absolute Gasteiger partial charge is 0.410 e. The Labute approximate surface area is 187 Å². The van der Waals surface area contributed by atoms with Crippen LogP contribution in [0.3, 0.4) is 0 Å². The van der Waals surface area contributed by atoms with Gasteiger partial charge < -0.3 is 9.64 Å². The van der Waals surface area contributed by atoms with Crippen LogP contribution in [0.15, 0.2) is 83.8 Å². The van der Waals surface area contributed by atoms with Crippen molar-refractivity contribution in [2.75, 3.05) is 13.1 Å². The van der Waals surface area contributed by atoms with Crippen LogP contribution in [0.2, 0.25) is 0 Å². The summed E-state index contributed by atoms with van der Waals surface area (Å²) in [6, 6.07) is 21.4. The number of carbonyl (C=O) groups is 1. The van der Waals surface area contributed by atoms with Crippen LogP contribution in [-0.2, 0) is 25.9 Å². The van der Waals surface area contributed by atoms with Gasteiger partial charge in [0, 0.05) is 13.1 Å². The monoisotopic (exact) mass is 453 g/mol. The average molecular weight is 454 g/mol. The predicted molar refractivity (Wildman–Crippen MR) is 119 cm³/mol. The van der Waals surface area contributed by atoms with Crippen molar-refractivity contribution in [1.29, 1.82) is 0 Å². The number of halogens is 1. The molecule has 1 aliphatic rings. The number of hydrogen-bond acceptors (Lipinski definition) is 4. The second kappa shape index (κ2) is 8.74. The van der Waals surface area contributed by atoms with E-state index in [4.69, 9.17) is 4.74 Å². The largest absolute Gasteiger partial charge is 0.445 e. The van der Waals surface area contributed by atoms with Crippen molar-refractivity contribution in [3.05, 3.63) is 101 Å². The van der Waals surface area contributed by atoms with Gasteiger partial charge in [-0.2, -0.15) is 0 Å². The van der Waals surface area contributed by atoms with E-state index in [-0.39, 0.29) is 31.0 Å². The maximum Gasteiger partial charge on any atom is 0.410 e. The zero-order chi connectivity index (χ0) is 22.8. The van der Waals surface area contributed by atoms with Crippen molar-refractivity contribution in [3.63, 3.8) is 0 Å². The van der Waals surface area contributed by atoms with E-state index in [1.54, 1.807) is 12.1 Å². The van der Waals surface area contributed by atoms with Gasteiger partial charge in [-0.3, -0.25) is 0 Å². The third-order valence-corrected chi connectivity index (χ3v) is 8.40. The van der Waals surface area contributed by atoms with E-state index >= 15 is 0 Å². The topological polar surface area (TPSA) is 63.7 Å². The number of carbonyl (C=O) groups excluding carboxylic acids is 1. The summed E-state index contributed by atoms with van der Waals surface area (Å²) < 4.78 is 45.1. The molecule has 1 amide bonds.